The lowest BCUT2D eigenvalue weighted by Crippen LogP contribution is -2.26. The van der Waals surface area contributed by atoms with Crippen molar-refractivity contribution in [3.05, 3.63) is 29.8 Å². The minimum absolute atomic E-state index is 0.281. The first-order valence-electron chi connectivity index (χ1n) is 7.57. The van der Waals surface area contributed by atoms with E-state index in [0.717, 1.165) is 38.3 Å². The van der Waals surface area contributed by atoms with Gasteiger partial charge in [-0.15, -0.1) is 0 Å². The Balaban J connectivity index is 1.71. The second kappa shape index (κ2) is 7.09. The van der Waals surface area contributed by atoms with Gasteiger partial charge in [0.25, 0.3) is 0 Å². The van der Waals surface area contributed by atoms with E-state index in [1.54, 1.807) is 0 Å². The van der Waals surface area contributed by atoms with Crippen molar-refractivity contribution < 1.29 is 9.47 Å². The predicted molar refractivity (Wildman–Crippen MR) is 82.1 cm³/mol. The fourth-order valence-corrected chi connectivity index (χ4v) is 2.25. The standard InChI is InChI=1S/C17H27NO2/c1-17(2,3)13-18-11-14-6-8-15(9-7-14)20-12-16-5-4-10-19-16/h6-9,16,18H,4-5,10-13H2,1-3H3. The molecular formula is C17H27NO2. The summed E-state index contributed by atoms with van der Waals surface area (Å²) in [5, 5.41) is 3.48. The SMILES string of the molecule is CC(C)(C)CNCc1ccc(OCC2CCCO2)cc1. The van der Waals surface area contributed by atoms with Crippen LogP contribution < -0.4 is 10.1 Å². The van der Waals surface area contributed by atoms with Gasteiger partial charge >= 0.3 is 0 Å². The van der Waals surface area contributed by atoms with E-state index in [-0.39, 0.29) is 6.10 Å². The van der Waals surface area contributed by atoms with Crippen LogP contribution in [0.1, 0.15) is 39.2 Å². The van der Waals surface area contributed by atoms with E-state index >= 15 is 0 Å². The predicted octanol–water partition coefficient (Wildman–Crippen LogP) is 3.38. The lowest BCUT2D eigenvalue weighted by molar-refractivity contribution is 0.0679. The maximum absolute atomic E-state index is 5.76. The molecule has 0 aromatic heterocycles. The lowest BCUT2D eigenvalue weighted by Gasteiger charge is -2.18. The van der Waals surface area contributed by atoms with Crippen molar-refractivity contribution >= 4 is 0 Å². The van der Waals surface area contributed by atoms with E-state index < -0.39 is 0 Å². The first kappa shape index (κ1) is 15.3. The number of benzene rings is 1. The van der Waals surface area contributed by atoms with Gasteiger partial charge in [0.15, 0.2) is 0 Å². The molecule has 1 heterocycles. The molecule has 1 aromatic rings. The highest BCUT2D eigenvalue weighted by Gasteiger charge is 2.15. The van der Waals surface area contributed by atoms with Gasteiger partial charge in [0, 0.05) is 19.7 Å². The molecule has 1 aliphatic rings. The van der Waals surface area contributed by atoms with E-state index in [2.05, 4.69) is 38.2 Å². The van der Waals surface area contributed by atoms with Crippen LogP contribution in [0.15, 0.2) is 24.3 Å². The van der Waals surface area contributed by atoms with E-state index in [1.165, 1.54) is 5.56 Å². The smallest absolute Gasteiger partial charge is 0.119 e. The zero-order valence-corrected chi connectivity index (χ0v) is 12.9. The van der Waals surface area contributed by atoms with Crippen LogP contribution in [0.4, 0.5) is 0 Å². The van der Waals surface area contributed by atoms with Crippen molar-refractivity contribution in [2.45, 2.75) is 46.3 Å². The number of rotatable bonds is 6. The van der Waals surface area contributed by atoms with Crippen LogP contribution in [-0.4, -0.2) is 25.9 Å². The van der Waals surface area contributed by atoms with Crippen LogP contribution in [0.5, 0.6) is 5.75 Å². The summed E-state index contributed by atoms with van der Waals surface area (Å²) in [6.07, 6.45) is 2.56. The second-order valence-corrected chi connectivity index (χ2v) is 6.75. The highest BCUT2D eigenvalue weighted by molar-refractivity contribution is 5.27. The van der Waals surface area contributed by atoms with Gasteiger partial charge in [-0.2, -0.15) is 0 Å². The maximum atomic E-state index is 5.76. The highest BCUT2D eigenvalue weighted by Crippen LogP contribution is 2.17. The van der Waals surface area contributed by atoms with E-state index in [4.69, 9.17) is 9.47 Å². The van der Waals surface area contributed by atoms with Crippen LogP contribution in [0, 0.1) is 5.41 Å². The molecule has 3 nitrogen and oxygen atoms in total. The molecule has 1 aliphatic heterocycles. The van der Waals surface area contributed by atoms with E-state index in [9.17, 15) is 0 Å². The average Bonchev–Trinajstić information content (AvgIpc) is 2.89. The molecular weight excluding hydrogens is 250 g/mol. The Morgan fingerprint density at radius 3 is 2.60 bits per heavy atom. The summed E-state index contributed by atoms with van der Waals surface area (Å²) in [6, 6.07) is 8.34. The summed E-state index contributed by atoms with van der Waals surface area (Å²) in [5.74, 6) is 0.931. The molecule has 1 fully saturated rings. The van der Waals surface area contributed by atoms with Gasteiger partial charge in [-0.05, 0) is 36.0 Å². The Labute approximate surface area is 122 Å². The molecule has 1 unspecified atom stereocenters. The first-order chi connectivity index (χ1) is 9.53. The van der Waals surface area contributed by atoms with Gasteiger partial charge in [-0.1, -0.05) is 32.9 Å². The Morgan fingerprint density at radius 2 is 2.00 bits per heavy atom. The van der Waals surface area contributed by atoms with Gasteiger partial charge in [0.1, 0.15) is 12.4 Å². The quantitative estimate of drug-likeness (QED) is 0.864. The summed E-state index contributed by atoms with van der Waals surface area (Å²) in [6.45, 7) is 10.2. The average molecular weight is 277 g/mol. The van der Waals surface area contributed by atoms with E-state index in [1.807, 2.05) is 12.1 Å². The molecule has 0 spiro atoms. The molecule has 0 amide bonds. The van der Waals surface area contributed by atoms with Crippen molar-refractivity contribution in [1.82, 2.24) is 5.32 Å². The van der Waals surface area contributed by atoms with Crippen LogP contribution in [0.3, 0.4) is 0 Å². The zero-order valence-electron chi connectivity index (χ0n) is 12.9. The van der Waals surface area contributed by atoms with Crippen LogP contribution in [-0.2, 0) is 11.3 Å². The van der Waals surface area contributed by atoms with Crippen molar-refractivity contribution in [1.29, 1.82) is 0 Å². The monoisotopic (exact) mass is 277 g/mol. The number of hydrogen-bond acceptors (Lipinski definition) is 3. The normalized spacial score (nSPS) is 19.2. The molecule has 1 saturated heterocycles. The molecule has 0 radical (unpaired) electrons. The minimum Gasteiger partial charge on any atom is -0.491 e. The molecule has 3 heteroatoms. The Kier molecular flexibility index (Phi) is 5.44. The Bertz CT molecular complexity index is 388. The molecule has 2 rings (SSSR count). The lowest BCUT2D eigenvalue weighted by atomic mass is 9.97. The number of ether oxygens (including phenoxy) is 2. The molecule has 1 aromatic carbocycles. The van der Waals surface area contributed by atoms with Crippen molar-refractivity contribution in [3.63, 3.8) is 0 Å². The van der Waals surface area contributed by atoms with Gasteiger partial charge in [-0.25, -0.2) is 0 Å². The molecule has 1 atom stereocenters. The second-order valence-electron chi connectivity index (χ2n) is 6.75. The van der Waals surface area contributed by atoms with Gasteiger partial charge in [-0.3, -0.25) is 0 Å². The third-order valence-corrected chi connectivity index (χ3v) is 3.37. The Hall–Kier alpha value is -1.06. The molecule has 0 bridgehead atoms. The van der Waals surface area contributed by atoms with Crippen LogP contribution in [0.25, 0.3) is 0 Å². The van der Waals surface area contributed by atoms with Crippen molar-refractivity contribution in [2.24, 2.45) is 5.41 Å². The van der Waals surface area contributed by atoms with Crippen molar-refractivity contribution in [3.8, 4) is 5.75 Å². The summed E-state index contributed by atoms with van der Waals surface area (Å²) in [5.41, 5.74) is 1.61. The summed E-state index contributed by atoms with van der Waals surface area (Å²) in [7, 11) is 0. The zero-order chi connectivity index (χ0) is 14.4. The van der Waals surface area contributed by atoms with Gasteiger partial charge in [0.05, 0.1) is 6.10 Å². The molecule has 0 saturated carbocycles. The van der Waals surface area contributed by atoms with Gasteiger partial charge < -0.3 is 14.8 Å². The minimum atomic E-state index is 0.281. The third-order valence-electron chi connectivity index (χ3n) is 3.37. The third kappa shape index (κ3) is 5.51. The highest BCUT2D eigenvalue weighted by atomic mass is 16.5. The van der Waals surface area contributed by atoms with Crippen LogP contribution in [0.2, 0.25) is 0 Å². The largest absolute Gasteiger partial charge is 0.491 e. The molecule has 1 N–H and O–H groups in total. The fraction of sp³-hybridized carbons (Fsp3) is 0.647. The summed E-state index contributed by atoms with van der Waals surface area (Å²) in [4.78, 5) is 0. The van der Waals surface area contributed by atoms with Crippen molar-refractivity contribution in [2.75, 3.05) is 19.8 Å². The maximum Gasteiger partial charge on any atom is 0.119 e. The van der Waals surface area contributed by atoms with Crippen LogP contribution >= 0.6 is 0 Å². The Morgan fingerprint density at radius 1 is 1.25 bits per heavy atom. The fourth-order valence-electron chi connectivity index (χ4n) is 2.25. The molecule has 0 aliphatic carbocycles. The summed E-state index contributed by atoms with van der Waals surface area (Å²) >= 11 is 0. The van der Waals surface area contributed by atoms with E-state index in [0.29, 0.717) is 12.0 Å². The number of nitrogens with one attached hydrogen (secondary N) is 1. The topological polar surface area (TPSA) is 30.5 Å². The summed E-state index contributed by atoms with van der Waals surface area (Å²) < 4.78 is 11.3. The molecule has 20 heavy (non-hydrogen) atoms. The van der Waals surface area contributed by atoms with Gasteiger partial charge in [0.2, 0.25) is 0 Å². The first-order valence-corrected chi connectivity index (χ1v) is 7.57. The number of hydrogen-bond donors (Lipinski definition) is 1. The molecule has 112 valence electrons.